The van der Waals surface area contributed by atoms with Crippen molar-refractivity contribution in [3.8, 4) is 11.8 Å². The lowest BCUT2D eigenvalue weighted by molar-refractivity contribution is 0.340. The summed E-state index contributed by atoms with van der Waals surface area (Å²) in [5.74, 6) is 0.309. The first-order valence-corrected chi connectivity index (χ1v) is 6.38. The molecule has 102 valence electrons. The fourth-order valence-electron chi connectivity index (χ4n) is 1.85. The molecule has 4 heteroatoms. The van der Waals surface area contributed by atoms with Gasteiger partial charge in [0, 0.05) is 6.54 Å². The van der Waals surface area contributed by atoms with Crippen LogP contribution in [0.2, 0.25) is 0 Å². The number of hydrogen-bond donors (Lipinski definition) is 1. The fraction of sp³-hybridized carbons (Fsp3) is 0.188. The predicted octanol–water partition coefficient (Wildman–Crippen LogP) is 3.71. The first kappa shape index (κ1) is 13.9. The zero-order chi connectivity index (χ0) is 14.4. The van der Waals surface area contributed by atoms with E-state index in [0.29, 0.717) is 18.8 Å². The molecule has 0 amide bonds. The third kappa shape index (κ3) is 3.27. The lowest BCUT2D eigenvalue weighted by atomic mass is 10.1. The molecule has 0 radical (unpaired) electrons. The van der Waals surface area contributed by atoms with Crippen molar-refractivity contribution in [2.24, 2.45) is 0 Å². The maximum absolute atomic E-state index is 13.4. The van der Waals surface area contributed by atoms with E-state index < -0.39 is 5.82 Å². The number of benzene rings is 2. The van der Waals surface area contributed by atoms with Crippen LogP contribution in [0, 0.1) is 17.1 Å². The summed E-state index contributed by atoms with van der Waals surface area (Å²) in [5.41, 5.74) is 1.57. The van der Waals surface area contributed by atoms with Gasteiger partial charge >= 0.3 is 0 Å². The molecule has 2 aromatic carbocycles. The highest BCUT2D eigenvalue weighted by atomic mass is 19.1. The van der Waals surface area contributed by atoms with E-state index in [9.17, 15) is 4.39 Å². The van der Waals surface area contributed by atoms with Gasteiger partial charge in [-0.1, -0.05) is 18.2 Å². The van der Waals surface area contributed by atoms with Crippen LogP contribution < -0.4 is 10.1 Å². The van der Waals surface area contributed by atoms with Crippen LogP contribution in [-0.2, 0) is 6.54 Å². The van der Waals surface area contributed by atoms with E-state index in [1.54, 1.807) is 12.1 Å². The van der Waals surface area contributed by atoms with Gasteiger partial charge in [0.15, 0.2) is 0 Å². The lowest BCUT2D eigenvalue weighted by Crippen LogP contribution is -2.02. The highest BCUT2D eigenvalue weighted by Gasteiger charge is 2.07. The molecule has 0 fully saturated rings. The number of nitrogens with zero attached hydrogens (tertiary/aromatic N) is 1. The van der Waals surface area contributed by atoms with E-state index in [0.717, 1.165) is 11.3 Å². The quantitative estimate of drug-likeness (QED) is 0.900. The number of nitrogens with one attached hydrogen (secondary N) is 1. The van der Waals surface area contributed by atoms with E-state index >= 15 is 0 Å². The molecule has 3 nitrogen and oxygen atoms in total. The van der Waals surface area contributed by atoms with E-state index in [4.69, 9.17) is 10.00 Å². The van der Waals surface area contributed by atoms with Gasteiger partial charge in [-0.25, -0.2) is 4.39 Å². The number of ether oxygens (including phenoxy) is 1. The Kier molecular flexibility index (Phi) is 4.56. The monoisotopic (exact) mass is 270 g/mol. The summed E-state index contributed by atoms with van der Waals surface area (Å²) >= 11 is 0. The normalized spacial score (nSPS) is 9.85. The summed E-state index contributed by atoms with van der Waals surface area (Å²) in [5, 5.41) is 12.0. The van der Waals surface area contributed by atoms with Crippen LogP contribution in [0.1, 0.15) is 18.1 Å². The maximum atomic E-state index is 13.4. The van der Waals surface area contributed by atoms with E-state index in [-0.39, 0.29) is 5.56 Å². The molecular weight excluding hydrogens is 255 g/mol. The summed E-state index contributed by atoms with van der Waals surface area (Å²) in [6.07, 6.45) is 0. The Hall–Kier alpha value is -2.54. The Bertz CT molecular complexity index is 617. The molecular formula is C16H15FN2O. The molecule has 0 saturated carbocycles. The van der Waals surface area contributed by atoms with Crippen molar-refractivity contribution in [2.45, 2.75) is 13.5 Å². The van der Waals surface area contributed by atoms with Gasteiger partial charge in [0.2, 0.25) is 0 Å². The molecule has 0 aliphatic carbocycles. The summed E-state index contributed by atoms with van der Waals surface area (Å²) in [7, 11) is 0. The Morgan fingerprint density at radius 3 is 2.60 bits per heavy atom. The zero-order valence-corrected chi connectivity index (χ0v) is 11.2. The van der Waals surface area contributed by atoms with E-state index in [1.165, 1.54) is 6.07 Å². The molecule has 0 aromatic heterocycles. The summed E-state index contributed by atoms with van der Waals surface area (Å²) in [4.78, 5) is 0. The molecule has 0 atom stereocenters. The minimum absolute atomic E-state index is 0.0402. The summed E-state index contributed by atoms with van der Waals surface area (Å²) in [6, 6.07) is 14.1. The molecule has 0 spiro atoms. The zero-order valence-electron chi connectivity index (χ0n) is 11.2. The molecule has 2 aromatic rings. The van der Waals surface area contributed by atoms with E-state index in [1.807, 2.05) is 37.3 Å². The molecule has 2 rings (SSSR count). The van der Waals surface area contributed by atoms with Crippen LogP contribution in [0.3, 0.4) is 0 Å². The molecule has 0 saturated heterocycles. The van der Waals surface area contributed by atoms with Crippen molar-refractivity contribution in [1.29, 1.82) is 5.26 Å². The SMILES string of the molecule is CCOc1ccc(CNc2cccc(F)c2C#N)cc1. The van der Waals surface area contributed by atoms with Crippen LogP contribution in [-0.4, -0.2) is 6.61 Å². The van der Waals surface area contributed by atoms with Crippen molar-refractivity contribution < 1.29 is 9.13 Å². The first-order chi connectivity index (χ1) is 9.74. The predicted molar refractivity (Wildman–Crippen MR) is 76.1 cm³/mol. The second kappa shape index (κ2) is 6.58. The van der Waals surface area contributed by atoms with Gasteiger partial charge in [-0.2, -0.15) is 5.26 Å². The molecule has 0 aliphatic rings. The third-order valence-corrected chi connectivity index (χ3v) is 2.84. The Balaban J connectivity index is 2.06. The van der Waals surface area contributed by atoms with Gasteiger partial charge in [0.25, 0.3) is 0 Å². The van der Waals surface area contributed by atoms with Gasteiger partial charge in [-0.05, 0) is 36.8 Å². The first-order valence-electron chi connectivity index (χ1n) is 6.38. The van der Waals surface area contributed by atoms with Crippen LogP contribution in [0.5, 0.6) is 5.75 Å². The Morgan fingerprint density at radius 1 is 1.20 bits per heavy atom. The molecule has 0 unspecified atom stereocenters. The van der Waals surface area contributed by atoms with Crippen molar-refractivity contribution in [3.63, 3.8) is 0 Å². The summed E-state index contributed by atoms with van der Waals surface area (Å²) < 4.78 is 18.8. The molecule has 1 N–H and O–H groups in total. The maximum Gasteiger partial charge on any atom is 0.143 e. The fourth-order valence-corrected chi connectivity index (χ4v) is 1.85. The Labute approximate surface area is 117 Å². The van der Waals surface area contributed by atoms with Crippen LogP contribution in [0.15, 0.2) is 42.5 Å². The molecule has 0 bridgehead atoms. The van der Waals surface area contributed by atoms with Crippen molar-refractivity contribution in [1.82, 2.24) is 0 Å². The van der Waals surface area contributed by atoms with Gasteiger partial charge < -0.3 is 10.1 Å². The van der Waals surface area contributed by atoms with Gasteiger partial charge in [0.05, 0.1) is 12.3 Å². The number of rotatable bonds is 5. The topological polar surface area (TPSA) is 45.0 Å². The van der Waals surface area contributed by atoms with Crippen LogP contribution in [0.4, 0.5) is 10.1 Å². The number of halogens is 1. The standard InChI is InChI=1S/C16H15FN2O/c1-2-20-13-8-6-12(7-9-13)11-19-16-5-3-4-15(17)14(16)10-18/h3-9,19H,2,11H2,1H3. The van der Waals surface area contributed by atoms with Crippen LogP contribution >= 0.6 is 0 Å². The van der Waals surface area contributed by atoms with Gasteiger partial charge in [-0.3, -0.25) is 0 Å². The second-order valence-corrected chi connectivity index (χ2v) is 4.20. The van der Waals surface area contributed by atoms with Crippen LogP contribution in [0.25, 0.3) is 0 Å². The lowest BCUT2D eigenvalue weighted by Gasteiger charge is -2.09. The minimum Gasteiger partial charge on any atom is -0.494 e. The third-order valence-electron chi connectivity index (χ3n) is 2.84. The van der Waals surface area contributed by atoms with Crippen molar-refractivity contribution in [3.05, 3.63) is 59.4 Å². The molecule has 0 aliphatic heterocycles. The molecule has 0 heterocycles. The van der Waals surface area contributed by atoms with Gasteiger partial charge in [-0.15, -0.1) is 0 Å². The highest BCUT2D eigenvalue weighted by Crippen LogP contribution is 2.19. The number of anilines is 1. The summed E-state index contributed by atoms with van der Waals surface area (Å²) in [6.45, 7) is 3.08. The smallest absolute Gasteiger partial charge is 0.143 e. The number of hydrogen-bond acceptors (Lipinski definition) is 3. The average molecular weight is 270 g/mol. The second-order valence-electron chi connectivity index (χ2n) is 4.20. The molecule has 20 heavy (non-hydrogen) atoms. The highest BCUT2D eigenvalue weighted by molar-refractivity contribution is 5.58. The van der Waals surface area contributed by atoms with Crippen molar-refractivity contribution >= 4 is 5.69 Å². The average Bonchev–Trinajstić information content (AvgIpc) is 2.47. The minimum atomic E-state index is -0.510. The van der Waals surface area contributed by atoms with E-state index in [2.05, 4.69) is 5.32 Å². The Morgan fingerprint density at radius 2 is 1.95 bits per heavy atom. The van der Waals surface area contributed by atoms with Crippen molar-refractivity contribution in [2.75, 3.05) is 11.9 Å². The van der Waals surface area contributed by atoms with Gasteiger partial charge in [0.1, 0.15) is 23.2 Å². The number of nitriles is 1. The largest absolute Gasteiger partial charge is 0.494 e.